The molecule has 0 bridgehead atoms. The molecule has 3 nitrogen and oxygen atoms in total. The summed E-state index contributed by atoms with van der Waals surface area (Å²) in [4.78, 5) is 0. The number of nitrogens with zero attached hydrogens (tertiary/aromatic N) is 2. The fraction of sp³-hybridized carbons (Fsp3) is 0.308. The highest BCUT2D eigenvalue weighted by Gasteiger charge is 2.21. The van der Waals surface area contributed by atoms with Crippen molar-refractivity contribution in [3.63, 3.8) is 0 Å². The Hall–Kier alpha value is -1.02. The van der Waals surface area contributed by atoms with Gasteiger partial charge in [-0.05, 0) is 53.1 Å². The third-order valence-electron chi connectivity index (χ3n) is 3.03. The fourth-order valence-corrected chi connectivity index (χ4v) is 2.30. The molecular formula is C13H12F2IN3. The topological polar surface area (TPSA) is 29.9 Å². The highest BCUT2D eigenvalue weighted by Crippen LogP contribution is 2.22. The first kappa shape index (κ1) is 13.0. The molecule has 1 N–H and O–H groups in total. The normalized spacial score (nSPS) is 14.9. The molecule has 0 aliphatic heterocycles. The van der Waals surface area contributed by atoms with Crippen molar-refractivity contribution in [2.75, 3.05) is 0 Å². The van der Waals surface area contributed by atoms with Gasteiger partial charge in [-0.15, -0.1) is 0 Å². The molecule has 0 spiro atoms. The highest BCUT2D eigenvalue weighted by atomic mass is 127. The van der Waals surface area contributed by atoms with E-state index in [-0.39, 0.29) is 5.69 Å². The summed E-state index contributed by atoms with van der Waals surface area (Å²) in [5, 5.41) is 7.17. The van der Waals surface area contributed by atoms with Crippen LogP contribution < -0.4 is 5.32 Å². The van der Waals surface area contributed by atoms with Crippen molar-refractivity contribution in [2.24, 2.45) is 0 Å². The van der Waals surface area contributed by atoms with E-state index in [0.717, 1.165) is 16.4 Å². The van der Waals surface area contributed by atoms with Gasteiger partial charge in [-0.2, -0.15) is 5.10 Å². The molecule has 3 rings (SSSR count). The van der Waals surface area contributed by atoms with Crippen LogP contribution in [0, 0.1) is 15.2 Å². The molecule has 2 aromatic rings. The van der Waals surface area contributed by atoms with E-state index in [1.54, 1.807) is 12.4 Å². The molecule has 0 unspecified atom stereocenters. The van der Waals surface area contributed by atoms with Crippen LogP contribution in [0.5, 0.6) is 0 Å². The molecule has 100 valence electrons. The monoisotopic (exact) mass is 375 g/mol. The van der Waals surface area contributed by atoms with Gasteiger partial charge < -0.3 is 5.32 Å². The van der Waals surface area contributed by atoms with Gasteiger partial charge in [0.25, 0.3) is 0 Å². The van der Waals surface area contributed by atoms with E-state index in [9.17, 15) is 8.78 Å². The lowest BCUT2D eigenvalue weighted by Crippen LogP contribution is -2.16. The Labute approximate surface area is 123 Å². The smallest absolute Gasteiger partial charge is 0.152 e. The van der Waals surface area contributed by atoms with Gasteiger partial charge in [-0.1, -0.05) is 0 Å². The van der Waals surface area contributed by atoms with Crippen LogP contribution in [0.15, 0.2) is 24.5 Å². The minimum Gasteiger partial charge on any atom is -0.310 e. The largest absolute Gasteiger partial charge is 0.310 e. The number of hydrogen-bond donors (Lipinski definition) is 1. The average Bonchev–Trinajstić information content (AvgIpc) is 3.09. The van der Waals surface area contributed by atoms with Crippen molar-refractivity contribution in [1.82, 2.24) is 15.1 Å². The molecule has 19 heavy (non-hydrogen) atoms. The second-order valence-corrected chi connectivity index (χ2v) is 5.91. The Kier molecular flexibility index (Phi) is 3.53. The fourth-order valence-electron chi connectivity index (χ4n) is 1.91. The molecular weight excluding hydrogens is 363 g/mol. The van der Waals surface area contributed by atoms with Crippen molar-refractivity contribution in [3.8, 4) is 5.69 Å². The van der Waals surface area contributed by atoms with Crippen LogP contribution in [0.3, 0.4) is 0 Å². The summed E-state index contributed by atoms with van der Waals surface area (Å²) in [6.07, 6.45) is 5.44. The predicted octanol–water partition coefficient (Wildman–Crippen LogP) is 3.01. The van der Waals surface area contributed by atoms with Crippen molar-refractivity contribution in [3.05, 3.63) is 45.3 Å². The van der Waals surface area contributed by atoms with E-state index >= 15 is 0 Å². The number of nitrogens with one attached hydrogen (secondary N) is 1. The highest BCUT2D eigenvalue weighted by molar-refractivity contribution is 14.1. The van der Waals surface area contributed by atoms with Crippen molar-refractivity contribution < 1.29 is 8.78 Å². The van der Waals surface area contributed by atoms with Crippen LogP contribution in [0.25, 0.3) is 5.69 Å². The minimum atomic E-state index is -0.591. The zero-order chi connectivity index (χ0) is 13.4. The molecule has 1 aliphatic carbocycles. The molecule has 0 atom stereocenters. The Morgan fingerprint density at radius 2 is 2.00 bits per heavy atom. The summed E-state index contributed by atoms with van der Waals surface area (Å²) in [5.74, 6) is -1.18. The molecule has 1 aliphatic rings. The maximum Gasteiger partial charge on any atom is 0.152 e. The van der Waals surface area contributed by atoms with Gasteiger partial charge in [0.1, 0.15) is 5.69 Å². The van der Waals surface area contributed by atoms with Crippen LogP contribution in [0.2, 0.25) is 0 Å². The summed E-state index contributed by atoms with van der Waals surface area (Å²) in [6.45, 7) is 0.495. The number of aromatic nitrogens is 2. The molecule has 0 radical (unpaired) electrons. The second-order valence-electron chi connectivity index (χ2n) is 4.67. The Morgan fingerprint density at radius 3 is 2.53 bits per heavy atom. The molecule has 6 heteroatoms. The van der Waals surface area contributed by atoms with E-state index in [0.29, 0.717) is 18.2 Å². The summed E-state index contributed by atoms with van der Waals surface area (Å²) in [5.41, 5.74) is 0.491. The molecule has 1 aromatic heterocycles. The third kappa shape index (κ3) is 2.94. The van der Waals surface area contributed by atoms with Crippen LogP contribution in [-0.2, 0) is 6.54 Å². The minimum absolute atomic E-state index is 0.127. The molecule has 1 saturated carbocycles. The molecule has 0 saturated heterocycles. The zero-order valence-corrected chi connectivity index (χ0v) is 12.2. The van der Waals surface area contributed by atoms with Gasteiger partial charge in [-0.3, -0.25) is 0 Å². The maximum absolute atomic E-state index is 14.0. The standard InChI is InChI=1S/C13H12F2IN3/c14-11-3-8(5-17-10-1-2-10)4-12(15)13(11)19-7-9(16)6-18-19/h3-4,6-7,10,17H,1-2,5H2. The van der Waals surface area contributed by atoms with E-state index in [4.69, 9.17) is 0 Å². The molecule has 1 fully saturated rings. The lowest BCUT2D eigenvalue weighted by Gasteiger charge is -2.08. The Morgan fingerprint density at radius 1 is 1.32 bits per heavy atom. The second kappa shape index (κ2) is 5.16. The SMILES string of the molecule is Fc1cc(CNC2CC2)cc(F)c1-n1cc(I)cn1. The molecule has 1 heterocycles. The molecule has 0 amide bonds. The van der Waals surface area contributed by atoms with Gasteiger partial charge in [0.15, 0.2) is 11.6 Å². The quantitative estimate of drug-likeness (QED) is 0.833. The third-order valence-corrected chi connectivity index (χ3v) is 3.59. The lowest BCUT2D eigenvalue weighted by atomic mass is 10.2. The zero-order valence-electron chi connectivity index (χ0n) is 10.0. The summed E-state index contributed by atoms with van der Waals surface area (Å²) in [6, 6.07) is 3.24. The first-order valence-corrected chi connectivity index (χ1v) is 7.13. The van der Waals surface area contributed by atoms with Gasteiger partial charge in [0.2, 0.25) is 0 Å². The van der Waals surface area contributed by atoms with E-state index in [1.807, 2.05) is 22.6 Å². The van der Waals surface area contributed by atoms with Gasteiger partial charge in [-0.25, -0.2) is 13.5 Å². The number of rotatable bonds is 4. The van der Waals surface area contributed by atoms with Crippen molar-refractivity contribution in [2.45, 2.75) is 25.4 Å². The Bertz CT molecular complexity index is 585. The predicted molar refractivity (Wildman–Crippen MR) is 76.1 cm³/mol. The Balaban J connectivity index is 1.88. The lowest BCUT2D eigenvalue weighted by molar-refractivity contribution is 0.553. The van der Waals surface area contributed by atoms with Gasteiger partial charge in [0, 0.05) is 18.8 Å². The van der Waals surface area contributed by atoms with Crippen molar-refractivity contribution >= 4 is 22.6 Å². The van der Waals surface area contributed by atoms with Crippen LogP contribution in [-0.4, -0.2) is 15.8 Å². The first-order valence-electron chi connectivity index (χ1n) is 6.05. The summed E-state index contributed by atoms with van der Waals surface area (Å²) in [7, 11) is 0. The van der Waals surface area contributed by atoms with E-state index in [2.05, 4.69) is 10.4 Å². The number of hydrogen-bond acceptors (Lipinski definition) is 2. The van der Waals surface area contributed by atoms with Crippen molar-refractivity contribution in [1.29, 1.82) is 0 Å². The number of benzene rings is 1. The summed E-state index contributed by atoms with van der Waals surface area (Å²) >= 11 is 2.05. The first-order chi connectivity index (χ1) is 9.13. The van der Waals surface area contributed by atoms with E-state index in [1.165, 1.54) is 16.8 Å². The van der Waals surface area contributed by atoms with Crippen LogP contribution >= 0.6 is 22.6 Å². The summed E-state index contributed by atoms with van der Waals surface area (Å²) < 4.78 is 30.1. The van der Waals surface area contributed by atoms with Crippen LogP contribution in [0.1, 0.15) is 18.4 Å². The maximum atomic E-state index is 14.0. The van der Waals surface area contributed by atoms with Gasteiger partial charge in [0.05, 0.1) is 9.77 Å². The van der Waals surface area contributed by atoms with Gasteiger partial charge >= 0.3 is 0 Å². The average molecular weight is 375 g/mol. The van der Waals surface area contributed by atoms with E-state index < -0.39 is 11.6 Å². The van der Waals surface area contributed by atoms with Crippen LogP contribution in [0.4, 0.5) is 8.78 Å². The molecule has 1 aromatic carbocycles. The number of halogens is 3.